The van der Waals surface area contributed by atoms with Crippen molar-refractivity contribution in [2.75, 3.05) is 25.0 Å². The second kappa shape index (κ2) is 5.97. The Morgan fingerprint density at radius 2 is 2.00 bits per heavy atom. The van der Waals surface area contributed by atoms with Crippen LogP contribution in [0.15, 0.2) is 5.57 Å². The average molecular weight is 314 g/mol. The monoisotopic (exact) mass is 314 g/mol. The molecule has 0 saturated carbocycles. The van der Waals surface area contributed by atoms with Crippen molar-refractivity contribution in [2.24, 2.45) is 7.05 Å². The van der Waals surface area contributed by atoms with E-state index in [-0.39, 0.29) is 0 Å². The molecule has 1 fully saturated rings. The van der Waals surface area contributed by atoms with E-state index < -0.39 is 0 Å². The third-order valence-corrected chi connectivity index (χ3v) is 6.00. The topological polar surface area (TPSA) is 33.1 Å². The fraction of sp³-hybridized carbons (Fsp3) is 0.737. The summed E-state index contributed by atoms with van der Waals surface area (Å²) in [6, 6.07) is 0.639. The number of likely N-dealkylation sites (tertiary alicyclic amines) is 1. The number of hydrogen-bond donors (Lipinski definition) is 1. The van der Waals surface area contributed by atoms with Gasteiger partial charge in [0.05, 0.1) is 5.69 Å². The van der Waals surface area contributed by atoms with Crippen LogP contribution in [0.5, 0.6) is 0 Å². The first-order valence-corrected chi connectivity index (χ1v) is 9.41. The van der Waals surface area contributed by atoms with E-state index in [2.05, 4.69) is 35.8 Å². The number of aromatic nitrogens is 2. The van der Waals surface area contributed by atoms with E-state index in [0.717, 1.165) is 6.54 Å². The minimum absolute atomic E-state index is 0.594. The minimum atomic E-state index is 0.594. The Bertz CT molecular complexity index is 626. The van der Waals surface area contributed by atoms with Gasteiger partial charge in [0.2, 0.25) is 0 Å². The van der Waals surface area contributed by atoms with Crippen molar-refractivity contribution in [2.45, 2.75) is 64.3 Å². The Kier molecular flexibility index (Phi) is 3.96. The van der Waals surface area contributed by atoms with Gasteiger partial charge in [0, 0.05) is 37.7 Å². The van der Waals surface area contributed by atoms with Gasteiger partial charge in [0.1, 0.15) is 5.82 Å². The molecular weight excluding hydrogens is 284 g/mol. The molecule has 126 valence electrons. The second-order valence-electron chi connectivity index (χ2n) is 7.80. The third-order valence-electron chi connectivity index (χ3n) is 6.00. The number of anilines is 1. The Balaban J connectivity index is 1.72. The van der Waals surface area contributed by atoms with Crippen molar-refractivity contribution < 1.29 is 0 Å². The largest absolute Gasteiger partial charge is 0.366 e. The van der Waals surface area contributed by atoms with Crippen LogP contribution in [0.25, 0.3) is 5.57 Å². The molecule has 0 spiro atoms. The van der Waals surface area contributed by atoms with Gasteiger partial charge in [-0.25, -0.2) is 0 Å². The highest BCUT2D eigenvalue weighted by Gasteiger charge is 2.33. The molecule has 4 heteroatoms. The molecule has 1 unspecified atom stereocenters. The zero-order chi connectivity index (χ0) is 16.0. The van der Waals surface area contributed by atoms with Gasteiger partial charge in [0.25, 0.3) is 0 Å². The molecule has 1 saturated heterocycles. The Morgan fingerprint density at radius 3 is 2.83 bits per heavy atom. The molecule has 0 bridgehead atoms. The number of rotatable bonds is 2. The van der Waals surface area contributed by atoms with E-state index >= 15 is 0 Å². The highest BCUT2D eigenvalue weighted by Crippen LogP contribution is 2.44. The molecule has 3 aliphatic rings. The van der Waals surface area contributed by atoms with E-state index in [9.17, 15) is 0 Å². The minimum Gasteiger partial charge on any atom is -0.366 e. The van der Waals surface area contributed by atoms with Crippen molar-refractivity contribution in [3.8, 4) is 0 Å². The lowest BCUT2D eigenvalue weighted by molar-refractivity contribution is 0.166. The van der Waals surface area contributed by atoms with Crippen molar-refractivity contribution in [1.82, 2.24) is 14.7 Å². The summed E-state index contributed by atoms with van der Waals surface area (Å²) in [5, 5.41) is 8.65. The molecule has 23 heavy (non-hydrogen) atoms. The Morgan fingerprint density at radius 1 is 1.17 bits per heavy atom. The zero-order valence-electron chi connectivity index (χ0n) is 14.9. The number of nitrogens with zero attached hydrogens (tertiary/aromatic N) is 3. The molecule has 0 aromatic carbocycles. The highest BCUT2D eigenvalue weighted by atomic mass is 15.3. The van der Waals surface area contributed by atoms with E-state index in [1.807, 2.05) is 0 Å². The third kappa shape index (κ3) is 2.61. The second-order valence-corrected chi connectivity index (χ2v) is 7.80. The maximum Gasteiger partial charge on any atom is 0.132 e. The molecule has 1 atom stereocenters. The van der Waals surface area contributed by atoms with E-state index in [1.165, 1.54) is 68.7 Å². The first kappa shape index (κ1) is 15.3. The van der Waals surface area contributed by atoms with Crippen molar-refractivity contribution >= 4 is 11.4 Å². The van der Waals surface area contributed by atoms with Gasteiger partial charge in [-0.3, -0.25) is 4.68 Å². The molecule has 1 aromatic rings. The van der Waals surface area contributed by atoms with Gasteiger partial charge in [-0.2, -0.15) is 5.10 Å². The fourth-order valence-electron chi connectivity index (χ4n) is 4.68. The summed E-state index contributed by atoms with van der Waals surface area (Å²) in [6.07, 6.45) is 7.82. The van der Waals surface area contributed by atoms with E-state index in [4.69, 9.17) is 5.10 Å². The summed E-state index contributed by atoms with van der Waals surface area (Å²) in [7, 11) is 2.10. The Labute approximate surface area is 139 Å². The smallest absolute Gasteiger partial charge is 0.132 e. The van der Waals surface area contributed by atoms with Crippen LogP contribution in [0, 0.1) is 0 Å². The lowest BCUT2D eigenvalue weighted by Gasteiger charge is -2.35. The molecule has 1 N–H and O–H groups in total. The number of fused-ring (bicyclic) bond motifs is 2. The van der Waals surface area contributed by atoms with E-state index in [0.29, 0.717) is 12.0 Å². The lowest BCUT2D eigenvalue weighted by Crippen LogP contribution is -2.39. The molecule has 1 aliphatic carbocycles. The molecule has 2 aliphatic heterocycles. The zero-order valence-corrected chi connectivity index (χ0v) is 14.9. The quantitative estimate of drug-likeness (QED) is 0.902. The van der Waals surface area contributed by atoms with Crippen LogP contribution in [-0.4, -0.2) is 40.4 Å². The van der Waals surface area contributed by atoms with Gasteiger partial charge in [-0.05, 0) is 70.1 Å². The van der Waals surface area contributed by atoms with Crippen LogP contribution in [0.3, 0.4) is 0 Å². The van der Waals surface area contributed by atoms with Crippen LogP contribution < -0.4 is 5.32 Å². The first-order chi connectivity index (χ1) is 11.1. The summed E-state index contributed by atoms with van der Waals surface area (Å²) in [4.78, 5) is 2.63. The summed E-state index contributed by atoms with van der Waals surface area (Å²) in [6.45, 7) is 8.09. The number of nitrogens with one attached hydrogen (secondary N) is 1. The summed E-state index contributed by atoms with van der Waals surface area (Å²) >= 11 is 0. The predicted molar refractivity (Wildman–Crippen MR) is 95.8 cm³/mol. The van der Waals surface area contributed by atoms with Gasteiger partial charge in [-0.1, -0.05) is 0 Å². The van der Waals surface area contributed by atoms with Crippen LogP contribution in [0.2, 0.25) is 0 Å². The molecule has 3 heterocycles. The molecule has 4 rings (SSSR count). The van der Waals surface area contributed by atoms with Crippen LogP contribution >= 0.6 is 0 Å². The summed E-state index contributed by atoms with van der Waals surface area (Å²) in [5.41, 5.74) is 6.13. The fourth-order valence-corrected chi connectivity index (χ4v) is 4.68. The van der Waals surface area contributed by atoms with Gasteiger partial charge in [0.15, 0.2) is 0 Å². The maximum atomic E-state index is 4.99. The highest BCUT2D eigenvalue weighted by molar-refractivity contribution is 5.82. The molecule has 0 radical (unpaired) electrons. The predicted octanol–water partition coefficient (Wildman–Crippen LogP) is 3.76. The van der Waals surface area contributed by atoms with Gasteiger partial charge >= 0.3 is 0 Å². The number of aryl methyl sites for hydroxylation is 1. The number of piperidine rings is 1. The Hall–Kier alpha value is -1.29. The van der Waals surface area contributed by atoms with Gasteiger partial charge < -0.3 is 10.2 Å². The normalized spacial score (nSPS) is 25.3. The standard InChI is InChI=1S/C19H30N4/c1-13(2)23-10-6-8-15(12-23)18-17-16-9-5-4-7-14(16)11-20-19(17)22(3)21-18/h13,15,20H,4-12H2,1-3H3. The van der Waals surface area contributed by atoms with Crippen LogP contribution in [0.1, 0.15) is 69.5 Å². The summed E-state index contributed by atoms with van der Waals surface area (Å²) in [5.74, 6) is 1.86. The number of hydrogen-bond acceptors (Lipinski definition) is 3. The van der Waals surface area contributed by atoms with Crippen molar-refractivity contribution in [3.63, 3.8) is 0 Å². The first-order valence-electron chi connectivity index (χ1n) is 9.41. The molecule has 1 aromatic heterocycles. The van der Waals surface area contributed by atoms with Crippen LogP contribution in [0.4, 0.5) is 5.82 Å². The van der Waals surface area contributed by atoms with Crippen molar-refractivity contribution in [1.29, 1.82) is 0 Å². The van der Waals surface area contributed by atoms with Gasteiger partial charge in [-0.15, -0.1) is 0 Å². The lowest BCUT2D eigenvalue weighted by atomic mass is 9.82. The van der Waals surface area contributed by atoms with Crippen molar-refractivity contribution in [3.05, 3.63) is 16.8 Å². The molecular formula is C19H30N4. The number of allylic oxidation sites excluding steroid dienone is 1. The SMILES string of the molecule is CC(C)N1CCCC(c2nn(C)c3c2C2=C(CCCC2)CN3)C1. The summed E-state index contributed by atoms with van der Waals surface area (Å²) < 4.78 is 2.09. The maximum absolute atomic E-state index is 4.99. The molecule has 4 nitrogen and oxygen atoms in total. The van der Waals surface area contributed by atoms with E-state index in [1.54, 1.807) is 11.1 Å². The van der Waals surface area contributed by atoms with Crippen LogP contribution in [-0.2, 0) is 7.05 Å². The molecule has 0 amide bonds. The average Bonchev–Trinajstić information content (AvgIpc) is 2.92.